The zero-order valence-corrected chi connectivity index (χ0v) is 26.8. The molecule has 3 amide bonds. The minimum absolute atomic E-state index is 0.0311. The molecular weight excluding hydrogens is 677 g/mol. The molecule has 0 radical (unpaired) electrons. The van der Waals surface area contributed by atoms with Gasteiger partial charge in [0.2, 0.25) is 0 Å². The fourth-order valence-electron chi connectivity index (χ4n) is 6.97. The van der Waals surface area contributed by atoms with Gasteiger partial charge in [0, 0.05) is 44.0 Å². The smallest absolute Gasteiger partial charge is 0.428 e. The van der Waals surface area contributed by atoms with Crippen LogP contribution in [0.5, 0.6) is 0 Å². The number of alkyl halides is 6. The van der Waals surface area contributed by atoms with Crippen molar-refractivity contribution in [1.29, 1.82) is 0 Å². The van der Waals surface area contributed by atoms with E-state index in [4.69, 9.17) is 4.74 Å². The van der Waals surface area contributed by atoms with Crippen molar-refractivity contribution in [3.8, 4) is 0 Å². The van der Waals surface area contributed by atoms with E-state index < -0.39 is 61.4 Å². The molecule has 3 saturated heterocycles. The summed E-state index contributed by atoms with van der Waals surface area (Å²) >= 11 is 0. The molecule has 1 aromatic heterocycles. The molecule has 4 aliphatic heterocycles. The largest absolute Gasteiger partial charge is 0.433 e. The second-order valence-corrected chi connectivity index (χ2v) is 13.1. The van der Waals surface area contributed by atoms with Crippen molar-refractivity contribution < 1.29 is 49.8 Å². The third-order valence-corrected chi connectivity index (χ3v) is 9.88. The molecule has 0 N–H and O–H groups in total. The van der Waals surface area contributed by atoms with Crippen LogP contribution in [0.3, 0.4) is 0 Å². The number of aryl methyl sites for hydroxylation is 1. The van der Waals surface area contributed by atoms with Gasteiger partial charge in [0.1, 0.15) is 5.82 Å². The first-order valence-corrected chi connectivity index (χ1v) is 16.1. The van der Waals surface area contributed by atoms with E-state index in [1.54, 1.807) is 17.2 Å². The molecule has 268 valence electrons. The van der Waals surface area contributed by atoms with Gasteiger partial charge in [-0.1, -0.05) is 30.3 Å². The van der Waals surface area contributed by atoms with Crippen LogP contribution in [-0.4, -0.2) is 88.9 Å². The Balaban J connectivity index is 1.11. The summed E-state index contributed by atoms with van der Waals surface area (Å²) in [4.78, 5) is 32.6. The number of nitrogens with zero attached hydrogens (tertiary/aromatic N) is 6. The Morgan fingerprint density at radius 1 is 1.00 bits per heavy atom. The number of rotatable bonds is 6. The highest BCUT2D eigenvalue weighted by Gasteiger charge is 2.64. The van der Waals surface area contributed by atoms with Crippen molar-refractivity contribution >= 4 is 23.6 Å². The van der Waals surface area contributed by atoms with Crippen molar-refractivity contribution in [2.75, 3.05) is 49.2 Å². The zero-order chi connectivity index (χ0) is 35.6. The Hall–Kier alpha value is -4.54. The average Bonchev–Trinajstić information content (AvgIpc) is 3.42. The molecule has 0 atom stereocenters. The molecule has 17 heteroatoms. The van der Waals surface area contributed by atoms with Crippen LogP contribution in [0.25, 0.3) is 0 Å². The van der Waals surface area contributed by atoms with E-state index in [0.29, 0.717) is 37.2 Å². The summed E-state index contributed by atoms with van der Waals surface area (Å²) in [5, 5.41) is 4.56. The second kappa shape index (κ2) is 12.3. The number of para-hydroxylation sites is 1. The first-order chi connectivity index (χ1) is 23.6. The minimum atomic E-state index is -4.80. The molecule has 0 aliphatic carbocycles. The maximum atomic E-state index is 14.7. The minimum Gasteiger partial charge on any atom is -0.428 e. The number of ether oxygens (including phenoxy) is 2. The van der Waals surface area contributed by atoms with Gasteiger partial charge in [0.05, 0.1) is 43.6 Å². The third-order valence-electron chi connectivity index (χ3n) is 9.88. The second-order valence-electron chi connectivity index (χ2n) is 13.1. The monoisotopic (exact) mass is 710 g/mol. The molecule has 0 bridgehead atoms. The van der Waals surface area contributed by atoms with Gasteiger partial charge in [-0.2, -0.15) is 31.4 Å². The summed E-state index contributed by atoms with van der Waals surface area (Å²) in [7, 11) is 0. The average molecular weight is 711 g/mol. The molecule has 10 nitrogen and oxygen atoms in total. The topological polar surface area (TPSA) is 83.4 Å². The predicted molar refractivity (Wildman–Crippen MR) is 164 cm³/mol. The number of halogens is 7. The summed E-state index contributed by atoms with van der Waals surface area (Å²) in [6.07, 6.45) is -8.00. The van der Waals surface area contributed by atoms with Gasteiger partial charge in [0.15, 0.2) is 5.82 Å². The van der Waals surface area contributed by atoms with Crippen molar-refractivity contribution in [1.82, 2.24) is 19.6 Å². The highest BCUT2D eigenvalue weighted by molar-refractivity contribution is 5.94. The third kappa shape index (κ3) is 5.98. The first-order valence-electron chi connectivity index (χ1n) is 16.1. The van der Waals surface area contributed by atoms with E-state index in [2.05, 4.69) is 9.84 Å². The number of carbonyl (C=O) groups excluding carboxylic acids is 2. The highest BCUT2D eigenvalue weighted by atomic mass is 19.4. The van der Waals surface area contributed by atoms with E-state index in [1.165, 1.54) is 33.8 Å². The Morgan fingerprint density at radius 3 is 2.32 bits per heavy atom. The zero-order valence-electron chi connectivity index (χ0n) is 26.8. The summed E-state index contributed by atoms with van der Waals surface area (Å²) in [6, 6.07) is 8.52. The Kier molecular flexibility index (Phi) is 8.38. The number of anilines is 2. The van der Waals surface area contributed by atoms with Crippen LogP contribution >= 0.6 is 0 Å². The Morgan fingerprint density at radius 2 is 1.70 bits per heavy atom. The van der Waals surface area contributed by atoms with Crippen molar-refractivity contribution in [3.05, 3.63) is 76.7 Å². The van der Waals surface area contributed by atoms with Crippen LogP contribution in [0.1, 0.15) is 41.1 Å². The molecule has 0 spiro atoms. The van der Waals surface area contributed by atoms with Crippen LogP contribution in [-0.2, 0) is 28.7 Å². The molecule has 4 aliphatic rings. The van der Waals surface area contributed by atoms with Gasteiger partial charge in [-0.3, -0.25) is 9.58 Å². The normalized spacial score (nSPS) is 20.0. The SMILES string of the molecule is Cc1cccc(F)c1N1CCC(N2Cc3cn(C4CN(C(=O)OC5(C(F)(F)F)COC5)C4)nc3N(Cc3ccccc3C(F)(F)F)C2=O)CC1. The number of hydrogen-bond donors (Lipinski definition) is 0. The van der Waals surface area contributed by atoms with Crippen molar-refractivity contribution in [2.45, 2.75) is 62.9 Å². The van der Waals surface area contributed by atoms with Crippen molar-refractivity contribution in [3.63, 3.8) is 0 Å². The van der Waals surface area contributed by atoms with Gasteiger partial charge < -0.3 is 24.2 Å². The van der Waals surface area contributed by atoms with Crippen LogP contribution < -0.4 is 9.80 Å². The van der Waals surface area contributed by atoms with E-state index in [0.717, 1.165) is 16.5 Å². The van der Waals surface area contributed by atoms with Gasteiger partial charge in [-0.15, -0.1) is 0 Å². The number of fused-ring (bicyclic) bond motifs is 1. The molecule has 2 aromatic carbocycles. The molecule has 5 heterocycles. The summed E-state index contributed by atoms with van der Waals surface area (Å²) in [5.74, 6) is -0.185. The Bertz CT molecular complexity index is 1760. The molecule has 50 heavy (non-hydrogen) atoms. The standard InChI is InChI=1S/C33H33F7N6O4/c1-20-5-4-8-26(34)27(20)42-11-9-23(10-12-42)44-14-22-15-46(24-16-43(17-24)30(48)50-31(18-49-19-31)33(38,39)40)41-28(22)45(29(44)47)13-21-6-2-3-7-25(21)32(35,36)37/h2-8,15,23-24H,9-14,16-19H2,1H3. The maximum Gasteiger partial charge on any atom is 0.433 e. The number of aromatic nitrogens is 2. The van der Waals surface area contributed by atoms with E-state index in [-0.39, 0.29) is 42.9 Å². The lowest BCUT2D eigenvalue weighted by Crippen LogP contribution is -2.65. The molecular formula is C33H33F7N6O4. The molecule has 0 saturated carbocycles. The van der Waals surface area contributed by atoms with Crippen LogP contribution in [0, 0.1) is 12.7 Å². The van der Waals surface area contributed by atoms with E-state index >= 15 is 0 Å². The van der Waals surface area contributed by atoms with Gasteiger partial charge in [-0.05, 0) is 43.0 Å². The van der Waals surface area contributed by atoms with Crippen molar-refractivity contribution in [2.24, 2.45) is 0 Å². The van der Waals surface area contributed by atoms with Gasteiger partial charge in [-0.25, -0.2) is 14.0 Å². The summed E-state index contributed by atoms with van der Waals surface area (Å²) in [6.45, 7) is 0.781. The maximum absolute atomic E-state index is 14.7. The number of urea groups is 1. The molecule has 0 unspecified atom stereocenters. The number of hydrogen-bond acceptors (Lipinski definition) is 6. The number of amides is 3. The van der Waals surface area contributed by atoms with Crippen LogP contribution in [0.15, 0.2) is 48.7 Å². The van der Waals surface area contributed by atoms with Crippen LogP contribution in [0.2, 0.25) is 0 Å². The fourth-order valence-corrected chi connectivity index (χ4v) is 6.97. The summed E-state index contributed by atoms with van der Waals surface area (Å²) in [5.41, 5.74) is -1.87. The summed E-state index contributed by atoms with van der Waals surface area (Å²) < 4.78 is 108. The highest BCUT2D eigenvalue weighted by Crippen LogP contribution is 2.41. The lowest BCUT2D eigenvalue weighted by Gasteiger charge is -2.45. The number of piperidine rings is 1. The van der Waals surface area contributed by atoms with E-state index in [9.17, 15) is 40.3 Å². The van der Waals surface area contributed by atoms with E-state index in [1.807, 2.05) is 17.9 Å². The first kappa shape index (κ1) is 33.9. The lowest BCUT2D eigenvalue weighted by molar-refractivity contribution is -0.333. The number of likely N-dealkylation sites (tertiary alicyclic amines) is 1. The molecule has 3 fully saturated rings. The predicted octanol–water partition coefficient (Wildman–Crippen LogP) is 6.29. The Labute approximate surface area is 281 Å². The fraction of sp³-hybridized carbons (Fsp3) is 0.485. The molecule has 7 rings (SSSR count). The van der Waals surface area contributed by atoms with Gasteiger partial charge >= 0.3 is 24.5 Å². The van der Waals surface area contributed by atoms with Gasteiger partial charge in [0.25, 0.3) is 5.60 Å². The lowest BCUT2D eigenvalue weighted by atomic mass is 10.00. The number of benzene rings is 2. The quantitative estimate of drug-likeness (QED) is 0.280. The van der Waals surface area contributed by atoms with Crippen LogP contribution in [0.4, 0.5) is 51.8 Å². The number of carbonyl (C=O) groups is 2. The molecule has 3 aromatic rings.